The molecule has 1 atom stereocenters. The van der Waals surface area contributed by atoms with Crippen molar-refractivity contribution in [2.24, 2.45) is 5.73 Å². The van der Waals surface area contributed by atoms with E-state index in [0.717, 1.165) is 38.7 Å². The number of carbonyl (C=O) groups is 3. The van der Waals surface area contributed by atoms with Gasteiger partial charge in [0.15, 0.2) is 0 Å². The van der Waals surface area contributed by atoms with Gasteiger partial charge in [0.25, 0.3) is 0 Å². The van der Waals surface area contributed by atoms with Crippen molar-refractivity contribution in [3.63, 3.8) is 0 Å². The van der Waals surface area contributed by atoms with E-state index in [9.17, 15) is 14.4 Å². The fraction of sp³-hybridized carbons (Fsp3) is 0.281. The van der Waals surface area contributed by atoms with Gasteiger partial charge in [-0.2, -0.15) is 0 Å². The first-order chi connectivity index (χ1) is 19.6. The molecule has 9 heteroatoms. The monoisotopic (exact) mass is 554 g/mol. The SMILES string of the molecule is CNC(=O)NCc1ccccc1-c1ccc(CNC(=O)[C@@H](Cc2c[nH]c3ccccc23)NC(=O)CC(C)(C)N)cc1. The topological polar surface area (TPSA) is 141 Å². The first-order valence-electron chi connectivity index (χ1n) is 13.7. The second kappa shape index (κ2) is 13.1. The summed E-state index contributed by atoms with van der Waals surface area (Å²) in [5, 5.41) is 12.3. The molecule has 1 heterocycles. The van der Waals surface area contributed by atoms with Gasteiger partial charge in [0.1, 0.15) is 6.04 Å². The van der Waals surface area contributed by atoms with Crippen LogP contribution in [0, 0.1) is 0 Å². The Morgan fingerprint density at radius 3 is 2.32 bits per heavy atom. The minimum Gasteiger partial charge on any atom is -0.361 e. The lowest BCUT2D eigenvalue weighted by molar-refractivity contribution is -0.129. The molecule has 1 aromatic heterocycles. The first kappa shape index (κ1) is 29.4. The number of hydrogen-bond donors (Lipinski definition) is 6. The van der Waals surface area contributed by atoms with Gasteiger partial charge in [0.05, 0.1) is 0 Å². The molecule has 0 spiro atoms. The second-order valence-corrected chi connectivity index (χ2v) is 10.9. The predicted octanol–water partition coefficient (Wildman–Crippen LogP) is 3.74. The Kier molecular flexibility index (Phi) is 9.41. The van der Waals surface area contributed by atoms with Crippen LogP contribution in [0.1, 0.15) is 37.0 Å². The second-order valence-electron chi connectivity index (χ2n) is 10.9. The van der Waals surface area contributed by atoms with Crippen molar-refractivity contribution in [2.75, 3.05) is 7.05 Å². The Morgan fingerprint density at radius 1 is 0.878 bits per heavy atom. The van der Waals surface area contributed by atoms with Gasteiger partial charge in [-0.25, -0.2) is 4.79 Å². The minimum absolute atomic E-state index is 0.103. The summed E-state index contributed by atoms with van der Waals surface area (Å²) >= 11 is 0. The molecule has 0 saturated carbocycles. The number of nitrogens with two attached hydrogens (primary N) is 1. The number of rotatable bonds is 11. The number of aromatic nitrogens is 1. The lowest BCUT2D eigenvalue weighted by Crippen LogP contribution is -2.50. The van der Waals surface area contributed by atoms with E-state index in [2.05, 4.69) is 26.3 Å². The van der Waals surface area contributed by atoms with Crippen LogP contribution in [0.3, 0.4) is 0 Å². The molecule has 0 radical (unpaired) electrons. The Hall–Kier alpha value is -4.63. The minimum atomic E-state index is -0.761. The molecule has 4 rings (SSSR count). The molecule has 214 valence electrons. The normalized spacial score (nSPS) is 12.0. The quantitative estimate of drug-likeness (QED) is 0.168. The lowest BCUT2D eigenvalue weighted by atomic mass is 9.98. The number of H-pyrrole nitrogens is 1. The average molecular weight is 555 g/mol. The van der Waals surface area contributed by atoms with Crippen molar-refractivity contribution in [2.45, 2.75) is 51.4 Å². The molecule has 0 aliphatic rings. The van der Waals surface area contributed by atoms with Gasteiger partial charge in [-0.1, -0.05) is 66.7 Å². The van der Waals surface area contributed by atoms with Crippen molar-refractivity contribution in [3.05, 3.63) is 95.7 Å². The highest BCUT2D eigenvalue weighted by Gasteiger charge is 2.25. The maximum absolute atomic E-state index is 13.4. The summed E-state index contributed by atoms with van der Waals surface area (Å²) in [6.07, 6.45) is 2.32. The van der Waals surface area contributed by atoms with E-state index in [4.69, 9.17) is 5.73 Å². The maximum Gasteiger partial charge on any atom is 0.314 e. The van der Waals surface area contributed by atoms with E-state index in [0.29, 0.717) is 19.5 Å². The van der Waals surface area contributed by atoms with E-state index in [1.54, 1.807) is 20.9 Å². The third-order valence-corrected chi connectivity index (χ3v) is 6.78. The van der Waals surface area contributed by atoms with Crippen LogP contribution >= 0.6 is 0 Å². The number of aromatic amines is 1. The lowest BCUT2D eigenvalue weighted by Gasteiger charge is -2.22. The molecule has 7 N–H and O–H groups in total. The zero-order valence-corrected chi connectivity index (χ0v) is 23.7. The average Bonchev–Trinajstić information content (AvgIpc) is 3.36. The van der Waals surface area contributed by atoms with Crippen molar-refractivity contribution in [1.29, 1.82) is 0 Å². The molecule has 4 amide bonds. The number of carbonyl (C=O) groups excluding carboxylic acids is 3. The van der Waals surface area contributed by atoms with Crippen LogP contribution in [-0.4, -0.2) is 41.5 Å². The standard InChI is InChI=1S/C32H38N6O3/c1-32(2,33)17-29(39)38-28(16-24-20-35-27-11-7-6-10-26(24)27)30(40)36-18-21-12-14-22(15-13-21)25-9-5-4-8-23(25)19-37-31(41)34-3/h4-15,20,28,35H,16-19,33H2,1-3H3,(H,36,40)(H,38,39)(H2,34,37,41)/t28-/m1/s1. The van der Waals surface area contributed by atoms with Gasteiger partial charge in [-0.05, 0) is 47.7 Å². The van der Waals surface area contributed by atoms with Crippen molar-refractivity contribution in [3.8, 4) is 11.1 Å². The summed E-state index contributed by atoms with van der Waals surface area (Å²) in [4.78, 5) is 41.0. The van der Waals surface area contributed by atoms with Crippen LogP contribution in [0.2, 0.25) is 0 Å². The Bertz CT molecular complexity index is 1500. The van der Waals surface area contributed by atoms with Crippen LogP contribution in [0.5, 0.6) is 0 Å². The summed E-state index contributed by atoms with van der Waals surface area (Å²) in [6, 6.07) is 22.7. The molecule has 0 aliphatic heterocycles. The zero-order valence-electron chi connectivity index (χ0n) is 23.7. The highest BCUT2D eigenvalue weighted by atomic mass is 16.2. The van der Waals surface area contributed by atoms with E-state index >= 15 is 0 Å². The van der Waals surface area contributed by atoms with Crippen LogP contribution in [-0.2, 0) is 29.1 Å². The van der Waals surface area contributed by atoms with Crippen LogP contribution < -0.4 is 27.0 Å². The number of benzene rings is 3. The van der Waals surface area contributed by atoms with Gasteiger partial charge in [-0.3, -0.25) is 9.59 Å². The summed E-state index contributed by atoms with van der Waals surface area (Å²) < 4.78 is 0. The number of hydrogen-bond acceptors (Lipinski definition) is 4. The summed E-state index contributed by atoms with van der Waals surface area (Å²) in [5.74, 6) is -0.542. The largest absolute Gasteiger partial charge is 0.361 e. The number of nitrogens with one attached hydrogen (secondary N) is 5. The van der Waals surface area contributed by atoms with Gasteiger partial charge in [-0.15, -0.1) is 0 Å². The van der Waals surface area contributed by atoms with E-state index in [-0.39, 0.29) is 24.3 Å². The van der Waals surface area contributed by atoms with Crippen molar-refractivity contribution >= 4 is 28.7 Å². The van der Waals surface area contributed by atoms with Gasteiger partial charge in [0.2, 0.25) is 11.8 Å². The molecular weight excluding hydrogens is 516 g/mol. The van der Waals surface area contributed by atoms with E-state index < -0.39 is 11.6 Å². The Labute approximate surface area is 240 Å². The molecule has 0 fully saturated rings. The number of para-hydroxylation sites is 1. The van der Waals surface area contributed by atoms with Gasteiger partial charge >= 0.3 is 6.03 Å². The summed E-state index contributed by atoms with van der Waals surface area (Å²) in [6.45, 7) is 4.27. The van der Waals surface area contributed by atoms with Gasteiger partial charge in [0, 0.05) is 55.6 Å². The fourth-order valence-corrected chi connectivity index (χ4v) is 4.72. The zero-order chi connectivity index (χ0) is 29.4. The molecule has 0 saturated heterocycles. The highest BCUT2D eigenvalue weighted by Crippen LogP contribution is 2.24. The summed E-state index contributed by atoms with van der Waals surface area (Å²) in [7, 11) is 1.58. The van der Waals surface area contributed by atoms with Gasteiger partial charge < -0.3 is 32.0 Å². The molecular formula is C32H38N6O3. The third-order valence-electron chi connectivity index (χ3n) is 6.78. The van der Waals surface area contributed by atoms with E-state index in [1.807, 2.05) is 79.0 Å². The van der Waals surface area contributed by atoms with E-state index in [1.165, 1.54) is 0 Å². The number of urea groups is 1. The first-order valence-corrected chi connectivity index (χ1v) is 13.7. The van der Waals surface area contributed by atoms with Crippen LogP contribution in [0.25, 0.3) is 22.0 Å². The van der Waals surface area contributed by atoms with Crippen LogP contribution in [0.4, 0.5) is 4.79 Å². The Morgan fingerprint density at radius 2 is 1.59 bits per heavy atom. The smallest absolute Gasteiger partial charge is 0.314 e. The van der Waals surface area contributed by atoms with Crippen molar-refractivity contribution in [1.82, 2.24) is 26.3 Å². The van der Waals surface area contributed by atoms with Crippen LogP contribution in [0.15, 0.2) is 79.0 Å². The predicted molar refractivity (Wildman–Crippen MR) is 162 cm³/mol. The molecule has 9 nitrogen and oxygen atoms in total. The number of amides is 4. The molecule has 0 bridgehead atoms. The highest BCUT2D eigenvalue weighted by molar-refractivity contribution is 5.90. The Balaban J connectivity index is 1.44. The molecule has 3 aromatic carbocycles. The van der Waals surface area contributed by atoms with Crippen molar-refractivity contribution < 1.29 is 14.4 Å². The fourth-order valence-electron chi connectivity index (χ4n) is 4.72. The summed E-state index contributed by atoms with van der Waals surface area (Å²) in [5.41, 5.74) is 11.2. The third kappa shape index (κ3) is 8.18. The molecule has 4 aromatic rings. The molecule has 0 unspecified atom stereocenters. The molecule has 41 heavy (non-hydrogen) atoms. The maximum atomic E-state index is 13.4. The number of fused-ring (bicyclic) bond motifs is 1. The molecule has 0 aliphatic carbocycles.